The van der Waals surface area contributed by atoms with Crippen LogP contribution in [0.3, 0.4) is 0 Å². The molecule has 0 bridgehead atoms. The lowest BCUT2D eigenvalue weighted by Gasteiger charge is -2.17. The van der Waals surface area contributed by atoms with Crippen LogP contribution in [0.1, 0.15) is 6.92 Å². The van der Waals surface area contributed by atoms with Gasteiger partial charge in [0, 0.05) is 7.05 Å². The van der Waals surface area contributed by atoms with Gasteiger partial charge < -0.3 is 10.0 Å². The van der Waals surface area contributed by atoms with Gasteiger partial charge in [-0.3, -0.25) is 4.79 Å². The summed E-state index contributed by atoms with van der Waals surface area (Å²) < 4.78 is 0. The number of nitrogens with zero attached hydrogens (tertiary/aromatic N) is 1. The van der Waals surface area contributed by atoms with Gasteiger partial charge in [0.05, 0.1) is 0 Å². The highest BCUT2D eigenvalue weighted by molar-refractivity contribution is 5.95. The fraction of sp³-hybridized carbons (Fsp3) is 0.429. The van der Waals surface area contributed by atoms with Crippen LogP contribution in [-0.2, 0) is 9.59 Å². The Bertz CT molecular complexity index is 216. The van der Waals surface area contributed by atoms with E-state index >= 15 is 0 Å². The maximum Gasteiger partial charge on any atom is 0.326 e. The van der Waals surface area contributed by atoms with Crippen LogP contribution in [0.4, 0.5) is 0 Å². The van der Waals surface area contributed by atoms with Gasteiger partial charge in [-0.1, -0.05) is 0 Å². The van der Waals surface area contributed by atoms with Gasteiger partial charge in [0.1, 0.15) is 6.04 Å². The number of terminal acetylenes is 1. The summed E-state index contributed by atoms with van der Waals surface area (Å²) in [6.45, 7) is 1.39. The summed E-state index contributed by atoms with van der Waals surface area (Å²) in [5, 5.41) is 8.43. The first-order valence-electron chi connectivity index (χ1n) is 2.97. The van der Waals surface area contributed by atoms with Gasteiger partial charge in [0.15, 0.2) is 0 Å². The largest absolute Gasteiger partial charge is 0.480 e. The van der Waals surface area contributed by atoms with Crippen LogP contribution in [0.2, 0.25) is 0 Å². The van der Waals surface area contributed by atoms with E-state index in [1.165, 1.54) is 14.0 Å². The average molecular weight is 155 g/mol. The number of carbonyl (C=O) groups is 2. The van der Waals surface area contributed by atoms with Crippen molar-refractivity contribution in [1.82, 2.24) is 4.90 Å². The predicted octanol–water partition coefficient (Wildman–Crippen LogP) is -0.449. The van der Waals surface area contributed by atoms with Crippen molar-refractivity contribution in [3.05, 3.63) is 0 Å². The molecule has 0 aromatic carbocycles. The van der Waals surface area contributed by atoms with Crippen molar-refractivity contribution in [2.75, 3.05) is 7.05 Å². The minimum absolute atomic E-state index is 0.625. The first kappa shape index (κ1) is 9.50. The molecule has 0 aliphatic carbocycles. The minimum atomic E-state index is -1.07. The van der Waals surface area contributed by atoms with Gasteiger partial charge in [-0.05, 0) is 12.8 Å². The van der Waals surface area contributed by atoms with E-state index in [1.807, 2.05) is 5.92 Å². The summed E-state index contributed by atoms with van der Waals surface area (Å²) in [6.07, 6.45) is 4.78. The Labute approximate surface area is 64.8 Å². The van der Waals surface area contributed by atoms with E-state index in [9.17, 15) is 9.59 Å². The highest BCUT2D eigenvalue weighted by atomic mass is 16.4. The SMILES string of the molecule is C#CC(=O)N(C)C(C)C(=O)O. The Morgan fingerprint density at radius 2 is 2.09 bits per heavy atom. The number of rotatable bonds is 2. The molecule has 1 unspecified atom stereocenters. The number of hydrogen-bond acceptors (Lipinski definition) is 2. The fourth-order valence-electron chi connectivity index (χ4n) is 0.443. The molecule has 1 atom stereocenters. The zero-order chi connectivity index (χ0) is 9.02. The molecule has 1 amide bonds. The van der Waals surface area contributed by atoms with Gasteiger partial charge in [0.25, 0.3) is 5.91 Å². The van der Waals surface area contributed by atoms with E-state index in [4.69, 9.17) is 11.5 Å². The van der Waals surface area contributed by atoms with E-state index in [1.54, 1.807) is 0 Å². The molecule has 0 aromatic rings. The lowest BCUT2D eigenvalue weighted by Crippen LogP contribution is -2.39. The molecule has 0 heterocycles. The molecule has 0 saturated carbocycles. The van der Waals surface area contributed by atoms with Crippen molar-refractivity contribution in [1.29, 1.82) is 0 Å². The van der Waals surface area contributed by atoms with E-state index in [2.05, 4.69) is 0 Å². The molecular weight excluding hydrogens is 146 g/mol. The van der Waals surface area contributed by atoms with E-state index in [0.29, 0.717) is 0 Å². The van der Waals surface area contributed by atoms with Crippen LogP contribution in [0.5, 0.6) is 0 Å². The summed E-state index contributed by atoms with van der Waals surface area (Å²) in [4.78, 5) is 22.0. The second-order valence-corrected chi connectivity index (χ2v) is 2.07. The highest BCUT2D eigenvalue weighted by Crippen LogP contribution is 1.94. The second-order valence-electron chi connectivity index (χ2n) is 2.07. The van der Waals surface area contributed by atoms with Crippen molar-refractivity contribution >= 4 is 11.9 Å². The van der Waals surface area contributed by atoms with Gasteiger partial charge in [-0.25, -0.2) is 4.79 Å². The number of carboxylic acids is 1. The minimum Gasteiger partial charge on any atom is -0.480 e. The van der Waals surface area contributed by atoms with Crippen LogP contribution < -0.4 is 0 Å². The number of aliphatic carboxylic acids is 1. The predicted molar refractivity (Wildman–Crippen MR) is 38.7 cm³/mol. The monoisotopic (exact) mass is 155 g/mol. The summed E-state index contributed by atoms with van der Waals surface area (Å²) in [5.74, 6) is 0.126. The molecule has 4 nitrogen and oxygen atoms in total. The van der Waals surface area contributed by atoms with Crippen molar-refractivity contribution in [3.8, 4) is 12.3 Å². The zero-order valence-corrected chi connectivity index (χ0v) is 6.37. The Morgan fingerprint density at radius 1 is 1.64 bits per heavy atom. The quantitative estimate of drug-likeness (QED) is 0.549. The summed E-state index contributed by atoms with van der Waals surface area (Å²) in [7, 11) is 1.35. The van der Waals surface area contributed by atoms with Gasteiger partial charge >= 0.3 is 5.97 Å². The van der Waals surface area contributed by atoms with E-state index < -0.39 is 17.9 Å². The fourth-order valence-corrected chi connectivity index (χ4v) is 0.443. The molecule has 11 heavy (non-hydrogen) atoms. The van der Waals surface area contributed by atoms with Gasteiger partial charge in [-0.15, -0.1) is 6.42 Å². The van der Waals surface area contributed by atoms with Crippen molar-refractivity contribution in [2.24, 2.45) is 0 Å². The molecule has 0 aliphatic rings. The normalized spacial score (nSPS) is 11.4. The standard InChI is InChI=1S/C7H9NO3/c1-4-6(9)8(3)5(2)7(10)11/h1,5H,2-3H3,(H,10,11). The number of carbonyl (C=O) groups excluding carboxylic acids is 1. The van der Waals surface area contributed by atoms with E-state index in [0.717, 1.165) is 4.90 Å². The Kier molecular flexibility index (Phi) is 3.12. The van der Waals surface area contributed by atoms with Crippen LogP contribution >= 0.6 is 0 Å². The summed E-state index contributed by atoms with van der Waals surface area (Å²) in [6, 6.07) is -0.876. The molecule has 0 fully saturated rings. The van der Waals surface area contributed by atoms with Gasteiger partial charge in [0.2, 0.25) is 0 Å². The lowest BCUT2D eigenvalue weighted by atomic mass is 10.3. The summed E-state index contributed by atoms with van der Waals surface area (Å²) in [5.41, 5.74) is 0. The molecule has 0 rings (SSSR count). The maximum absolute atomic E-state index is 10.7. The zero-order valence-electron chi connectivity index (χ0n) is 6.37. The number of amides is 1. The Morgan fingerprint density at radius 3 is 2.36 bits per heavy atom. The smallest absolute Gasteiger partial charge is 0.326 e. The third-order valence-electron chi connectivity index (χ3n) is 1.38. The van der Waals surface area contributed by atoms with E-state index in [-0.39, 0.29) is 0 Å². The molecule has 60 valence electrons. The molecule has 4 heteroatoms. The van der Waals surface area contributed by atoms with Crippen molar-refractivity contribution in [2.45, 2.75) is 13.0 Å². The molecule has 0 spiro atoms. The molecule has 0 radical (unpaired) electrons. The average Bonchev–Trinajstić information content (AvgIpc) is 2.00. The highest BCUT2D eigenvalue weighted by Gasteiger charge is 2.19. The Hall–Kier alpha value is -1.50. The molecule has 0 saturated heterocycles. The molecule has 1 N–H and O–H groups in total. The number of hydrogen-bond donors (Lipinski definition) is 1. The second kappa shape index (κ2) is 3.62. The summed E-state index contributed by atoms with van der Waals surface area (Å²) >= 11 is 0. The first-order chi connectivity index (χ1) is 5.00. The van der Waals surface area contributed by atoms with Crippen molar-refractivity contribution < 1.29 is 14.7 Å². The molecule has 0 aliphatic heterocycles. The number of carboxylic acid groups (broad SMARTS) is 1. The van der Waals surface area contributed by atoms with Crippen LogP contribution in [0, 0.1) is 12.3 Å². The Balaban J connectivity index is 4.27. The molecular formula is C7H9NO3. The molecule has 0 aromatic heterocycles. The van der Waals surface area contributed by atoms with Crippen molar-refractivity contribution in [3.63, 3.8) is 0 Å². The maximum atomic E-state index is 10.7. The third-order valence-corrected chi connectivity index (χ3v) is 1.38. The third kappa shape index (κ3) is 2.30. The van der Waals surface area contributed by atoms with Crippen LogP contribution in [0.15, 0.2) is 0 Å². The number of likely N-dealkylation sites (N-methyl/N-ethyl adjacent to an activating group) is 1. The van der Waals surface area contributed by atoms with Crippen LogP contribution in [0.25, 0.3) is 0 Å². The van der Waals surface area contributed by atoms with Gasteiger partial charge in [-0.2, -0.15) is 0 Å². The van der Waals surface area contributed by atoms with Crippen LogP contribution in [-0.4, -0.2) is 35.0 Å². The topological polar surface area (TPSA) is 57.6 Å². The first-order valence-corrected chi connectivity index (χ1v) is 2.97. The lowest BCUT2D eigenvalue weighted by molar-refractivity contribution is -0.146.